The quantitative estimate of drug-likeness (QED) is 0.805. The predicted molar refractivity (Wildman–Crippen MR) is 77.2 cm³/mol. The van der Waals surface area contributed by atoms with Crippen molar-refractivity contribution < 1.29 is 4.79 Å². The summed E-state index contributed by atoms with van der Waals surface area (Å²) in [5.74, 6) is -0.151. The van der Waals surface area contributed by atoms with E-state index in [0.717, 1.165) is 5.56 Å². The third kappa shape index (κ3) is 6.86. The molecule has 3 heteroatoms. The highest BCUT2D eigenvalue weighted by atomic mass is 16.1. The van der Waals surface area contributed by atoms with Crippen LogP contribution in [0.4, 0.5) is 0 Å². The van der Waals surface area contributed by atoms with E-state index in [4.69, 9.17) is 5.73 Å². The second kappa shape index (κ2) is 10.5. The van der Waals surface area contributed by atoms with E-state index in [1.54, 1.807) is 0 Å². The fourth-order valence-corrected chi connectivity index (χ4v) is 1.33. The molecule has 3 N–H and O–H groups in total. The lowest BCUT2D eigenvalue weighted by Crippen LogP contribution is -2.32. The van der Waals surface area contributed by atoms with Gasteiger partial charge in [0.25, 0.3) is 0 Å². The number of carbonyl (C=O) groups is 1. The van der Waals surface area contributed by atoms with Crippen molar-refractivity contribution in [1.82, 2.24) is 5.32 Å². The maximum absolute atomic E-state index is 11.2. The van der Waals surface area contributed by atoms with Gasteiger partial charge >= 0.3 is 0 Å². The van der Waals surface area contributed by atoms with Crippen LogP contribution < -0.4 is 11.1 Å². The number of nitrogens with one attached hydrogen (secondary N) is 1. The van der Waals surface area contributed by atoms with E-state index < -0.39 is 0 Å². The normalized spacial score (nSPS) is 11.6. The summed E-state index contributed by atoms with van der Waals surface area (Å²) in [4.78, 5) is 11.2. The molecular formula is C15H24N2O. The van der Waals surface area contributed by atoms with Crippen LogP contribution in [0.5, 0.6) is 0 Å². The minimum atomic E-state index is -0.151. The van der Waals surface area contributed by atoms with Crippen LogP contribution in [0.25, 0.3) is 0 Å². The van der Waals surface area contributed by atoms with Gasteiger partial charge in [0.05, 0.1) is 12.6 Å². The summed E-state index contributed by atoms with van der Waals surface area (Å²) < 4.78 is 0. The molecule has 0 spiro atoms. The van der Waals surface area contributed by atoms with Crippen LogP contribution in [-0.2, 0) is 4.79 Å². The van der Waals surface area contributed by atoms with E-state index in [2.05, 4.69) is 19.2 Å². The molecule has 1 unspecified atom stereocenters. The molecule has 1 amide bonds. The third-order valence-corrected chi connectivity index (χ3v) is 2.05. The molecule has 0 aromatic heterocycles. The van der Waals surface area contributed by atoms with E-state index in [0.29, 0.717) is 0 Å². The van der Waals surface area contributed by atoms with Crippen molar-refractivity contribution in [2.24, 2.45) is 5.73 Å². The monoisotopic (exact) mass is 248 g/mol. The van der Waals surface area contributed by atoms with Gasteiger partial charge in [-0.05, 0) is 12.5 Å². The van der Waals surface area contributed by atoms with E-state index in [9.17, 15) is 4.79 Å². The van der Waals surface area contributed by atoms with Gasteiger partial charge in [-0.3, -0.25) is 4.79 Å². The van der Waals surface area contributed by atoms with Gasteiger partial charge in [-0.2, -0.15) is 0 Å². The van der Waals surface area contributed by atoms with Crippen LogP contribution in [0, 0.1) is 0 Å². The lowest BCUT2D eigenvalue weighted by Gasteiger charge is -2.14. The Bertz CT molecular complexity index is 347. The topological polar surface area (TPSA) is 55.1 Å². The van der Waals surface area contributed by atoms with Crippen LogP contribution >= 0.6 is 0 Å². The second-order valence-electron chi connectivity index (χ2n) is 3.89. The molecule has 0 saturated carbocycles. The molecule has 0 fully saturated rings. The number of hydrogen-bond acceptors (Lipinski definition) is 2. The Morgan fingerprint density at radius 3 is 2.33 bits per heavy atom. The molecule has 3 nitrogen and oxygen atoms in total. The average molecular weight is 248 g/mol. The Balaban J connectivity index is 0.000000873. The molecule has 0 radical (unpaired) electrons. The third-order valence-electron chi connectivity index (χ3n) is 2.05. The molecule has 1 aromatic carbocycles. The van der Waals surface area contributed by atoms with Crippen LogP contribution in [0.3, 0.4) is 0 Å². The van der Waals surface area contributed by atoms with Crippen molar-refractivity contribution in [1.29, 1.82) is 0 Å². The summed E-state index contributed by atoms with van der Waals surface area (Å²) in [7, 11) is 0. The first-order chi connectivity index (χ1) is 8.69. The highest BCUT2D eigenvalue weighted by molar-refractivity contribution is 5.78. The zero-order chi connectivity index (χ0) is 13.8. The fourth-order valence-electron chi connectivity index (χ4n) is 1.33. The number of rotatable bonds is 4. The fraction of sp³-hybridized carbons (Fsp3) is 0.400. The summed E-state index contributed by atoms with van der Waals surface area (Å²) in [6.07, 6.45) is 5.09. The van der Waals surface area contributed by atoms with E-state index in [1.807, 2.05) is 49.4 Å². The standard InChI is InChI=1S/C12H16N2O.C3H8/c1-2-6-11(14-12(15)9-13)10-7-4-3-5-8-10;1-3-2/h2-8,11H,9,13H2,1H3,(H,14,15);3H2,1-2H3. The van der Waals surface area contributed by atoms with E-state index in [1.165, 1.54) is 6.42 Å². The Hall–Kier alpha value is -1.61. The van der Waals surface area contributed by atoms with Gasteiger partial charge in [0, 0.05) is 0 Å². The minimum Gasteiger partial charge on any atom is -0.345 e. The molecule has 18 heavy (non-hydrogen) atoms. The molecule has 100 valence electrons. The van der Waals surface area contributed by atoms with Crippen LogP contribution in [-0.4, -0.2) is 12.5 Å². The number of nitrogens with two attached hydrogens (primary N) is 1. The predicted octanol–water partition coefficient (Wildman–Crippen LogP) is 2.80. The Labute approximate surface area is 110 Å². The first-order valence-electron chi connectivity index (χ1n) is 6.36. The second-order valence-corrected chi connectivity index (χ2v) is 3.89. The van der Waals surface area contributed by atoms with Crippen molar-refractivity contribution >= 4 is 5.91 Å². The molecule has 1 rings (SSSR count). The first-order valence-corrected chi connectivity index (χ1v) is 6.36. The highest BCUT2D eigenvalue weighted by Crippen LogP contribution is 2.13. The largest absolute Gasteiger partial charge is 0.345 e. The number of amides is 1. The minimum absolute atomic E-state index is 0.0148. The Kier molecular flexibility index (Phi) is 9.60. The average Bonchev–Trinajstić information content (AvgIpc) is 2.40. The van der Waals surface area contributed by atoms with Gasteiger partial charge < -0.3 is 11.1 Å². The maximum atomic E-state index is 11.2. The first kappa shape index (κ1) is 16.4. The zero-order valence-electron chi connectivity index (χ0n) is 11.5. The highest BCUT2D eigenvalue weighted by Gasteiger charge is 2.09. The molecule has 0 aliphatic heterocycles. The summed E-state index contributed by atoms with van der Waals surface area (Å²) in [5, 5.41) is 2.83. The van der Waals surface area contributed by atoms with Crippen molar-refractivity contribution in [3.63, 3.8) is 0 Å². The van der Waals surface area contributed by atoms with Crippen molar-refractivity contribution in [2.75, 3.05) is 6.54 Å². The number of carbonyl (C=O) groups excluding carboxylic acids is 1. The van der Waals surface area contributed by atoms with Gasteiger partial charge in [-0.15, -0.1) is 0 Å². The van der Waals surface area contributed by atoms with Crippen molar-refractivity contribution in [2.45, 2.75) is 33.2 Å². The van der Waals surface area contributed by atoms with Crippen molar-refractivity contribution in [3.05, 3.63) is 48.0 Å². The van der Waals surface area contributed by atoms with Gasteiger partial charge in [-0.1, -0.05) is 62.8 Å². The maximum Gasteiger partial charge on any atom is 0.234 e. The van der Waals surface area contributed by atoms with Crippen molar-refractivity contribution in [3.8, 4) is 0 Å². The lowest BCUT2D eigenvalue weighted by atomic mass is 10.1. The summed E-state index contributed by atoms with van der Waals surface area (Å²) in [6, 6.07) is 9.69. The van der Waals surface area contributed by atoms with Gasteiger partial charge in [0.2, 0.25) is 5.91 Å². The zero-order valence-corrected chi connectivity index (χ0v) is 11.5. The summed E-state index contributed by atoms with van der Waals surface area (Å²) in [5.41, 5.74) is 6.31. The Morgan fingerprint density at radius 1 is 1.33 bits per heavy atom. The van der Waals surface area contributed by atoms with Gasteiger partial charge in [0.15, 0.2) is 0 Å². The lowest BCUT2D eigenvalue weighted by molar-refractivity contribution is -0.120. The Morgan fingerprint density at radius 2 is 1.89 bits per heavy atom. The molecular weight excluding hydrogens is 224 g/mol. The number of benzene rings is 1. The molecule has 1 aromatic rings. The number of allylic oxidation sites excluding steroid dienone is 1. The molecule has 0 bridgehead atoms. The summed E-state index contributed by atoms with van der Waals surface area (Å²) >= 11 is 0. The molecule has 0 aliphatic carbocycles. The molecule has 0 heterocycles. The van der Waals surface area contributed by atoms with Crippen LogP contribution in [0.1, 0.15) is 38.8 Å². The number of hydrogen-bond donors (Lipinski definition) is 2. The molecule has 0 saturated heterocycles. The van der Waals surface area contributed by atoms with Crippen LogP contribution in [0.15, 0.2) is 42.5 Å². The van der Waals surface area contributed by atoms with E-state index >= 15 is 0 Å². The smallest absolute Gasteiger partial charge is 0.234 e. The summed E-state index contributed by atoms with van der Waals surface area (Å²) in [6.45, 7) is 6.19. The molecule has 1 atom stereocenters. The van der Waals surface area contributed by atoms with Gasteiger partial charge in [0.1, 0.15) is 0 Å². The van der Waals surface area contributed by atoms with Crippen LogP contribution in [0.2, 0.25) is 0 Å². The SMILES string of the molecule is CC=CC(NC(=O)CN)c1ccccc1.CCC. The van der Waals surface area contributed by atoms with E-state index in [-0.39, 0.29) is 18.5 Å². The molecule has 0 aliphatic rings. The van der Waals surface area contributed by atoms with Gasteiger partial charge in [-0.25, -0.2) is 0 Å².